The van der Waals surface area contributed by atoms with Gasteiger partial charge in [0.1, 0.15) is 0 Å². The molecule has 3 heteroatoms. The minimum absolute atomic E-state index is 0.284. The number of thioether (sulfide) groups is 1. The molecule has 148 valence electrons. The zero-order chi connectivity index (χ0) is 18.9. The Morgan fingerprint density at radius 3 is 2.44 bits per heavy atom. The summed E-state index contributed by atoms with van der Waals surface area (Å²) in [6.45, 7) is 2.27. The minimum Gasteiger partial charge on any atom is -0.323 e. The van der Waals surface area contributed by atoms with Crippen LogP contribution in [-0.4, -0.2) is 22.2 Å². The second-order valence-electron chi connectivity index (χ2n) is 8.05. The maximum absolute atomic E-state index is 13.2. The van der Waals surface area contributed by atoms with Crippen LogP contribution in [0.5, 0.6) is 0 Å². The lowest BCUT2D eigenvalue weighted by Gasteiger charge is -2.34. The van der Waals surface area contributed by atoms with Gasteiger partial charge in [-0.05, 0) is 30.9 Å². The maximum atomic E-state index is 13.2. The normalized spacial score (nSPS) is 22.7. The zero-order valence-corrected chi connectivity index (χ0v) is 17.7. The number of carbonyl (C=O) groups is 1. The molecule has 0 spiro atoms. The highest BCUT2D eigenvalue weighted by molar-refractivity contribution is 8.05. The van der Waals surface area contributed by atoms with E-state index in [0.717, 1.165) is 16.9 Å². The second kappa shape index (κ2) is 10.9. The number of benzene rings is 1. The maximum Gasteiger partial charge on any atom is 0.261 e. The van der Waals surface area contributed by atoms with Crippen LogP contribution in [-0.2, 0) is 4.79 Å². The van der Waals surface area contributed by atoms with Crippen molar-refractivity contribution in [1.82, 2.24) is 4.90 Å². The van der Waals surface area contributed by atoms with Gasteiger partial charge in [-0.15, -0.1) is 0 Å². The van der Waals surface area contributed by atoms with Gasteiger partial charge in [-0.2, -0.15) is 0 Å². The lowest BCUT2D eigenvalue weighted by molar-refractivity contribution is -0.129. The predicted molar refractivity (Wildman–Crippen MR) is 118 cm³/mol. The van der Waals surface area contributed by atoms with Gasteiger partial charge in [0.15, 0.2) is 0 Å². The molecule has 1 aliphatic carbocycles. The molecule has 2 nitrogen and oxygen atoms in total. The molecule has 0 aromatic heterocycles. The highest BCUT2D eigenvalue weighted by Gasteiger charge is 2.40. The smallest absolute Gasteiger partial charge is 0.261 e. The molecule has 2 aliphatic rings. The molecular formula is C24H35NOS. The summed E-state index contributed by atoms with van der Waals surface area (Å²) in [5, 5.41) is 0.349. The Bertz CT molecular complexity index is 606. The van der Waals surface area contributed by atoms with Gasteiger partial charge in [0.25, 0.3) is 5.91 Å². The van der Waals surface area contributed by atoms with Crippen molar-refractivity contribution < 1.29 is 4.79 Å². The number of hydrogen-bond donors (Lipinski definition) is 0. The molecule has 1 unspecified atom stereocenters. The van der Waals surface area contributed by atoms with E-state index in [1.165, 1.54) is 70.6 Å². The van der Waals surface area contributed by atoms with Crippen molar-refractivity contribution in [3.8, 4) is 0 Å². The van der Waals surface area contributed by atoms with Crippen molar-refractivity contribution in [3.63, 3.8) is 0 Å². The first-order valence-corrected chi connectivity index (χ1v) is 11.9. The van der Waals surface area contributed by atoms with Gasteiger partial charge in [0, 0.05) is 6.04 Å². The van der Waals surface area contributed by atoms with Gasteiger partial charge in [-0.25, -0.2) is 0 Å². The number of hydrogen-bond acceptors (Lipinski definition) is 2. The molecule has 3 rings (SSSR count). The molecule has 1 saturated carbocycles. The SMILES string of the molecule is CCCCCCCCC1S/C(=C\c2ccccc2)C(=O)N1C1CCCCC1. The van der Waals surface area contributed by atoms with Gasteiger partial charge in [0.2, 0.25) is 0 Å². The Hall–Kier alpha value is -1.22. The van der Waals surface area contributed by atoms with Crippen LogP contribution < -0.4 is 0 Å². The summed E-state index contributed by atoms with van der Waals surface area (Å²) in [6.07, 6.45) is 17.4. The van der Waals surface area contributed by atoms with Crippen LogP contribution in [0, 0.1) is 0 Å². The van der Waals surface area contributed by atoms with E-state index in [1.54, 1.807) is 0 Å². The molecule has 1 aliphatic heterocycles. The number of carbonyl (C=O) groups excluding carboxylic acids is 1. The predicted octanol–water partition coefficient (Wildman–Crippen LogP) is 7.01. The molecule has 1 saturated heterocycles. The Morgan fingerprint density at radius 1 is 1.00 bits per heavy atom. The van der Waals surface area contributed by atoms with Gasteiger partial charge < -0.3 is 4.90 Å². The summed E-state index contributed by atoms with van der Waals surface area (Å²) in [7, 11) is 0. The molecule has 0 bridgehead atoms. The number of rotatable bonds is 9. The van der Waals surface area contributed by atoms with E-state index in [0.29, 0.717) is 11.4 Å². The lowest BCUT2D eigenvalue weighted by atomic mass is 9.93. The molecule has 0 radical (unpaired) electrons. The van der Waals surface area contributed by atoms with E-state index < -0.39 is 0 Å². The van der Waals surface area contributed by atoms with Crippen molar-refractivity contribution in [2.24, 2.45) is 0 Å². The number of unbranched alkanes of at least 4 members (excludes halogenated alkanes) is 5. The largest absolute Gasteiger partial charge is 0.323 e. The fourth-order valence-corrected chi connectivity index (χ4v) is 5.74. The van der Waals surface area contributed by atoms with E-state index in [9.17, 15) is 4.79 Å². The van der Waals surface area contributed by atoms with Crippen molar-refractivity contribution in [3.05, 3.63) is 40.8 Å². The molecule has 1 aromatic rings. The van der Waals surface area contributed by atoms with Crippen LogP contribution >= 0.6 is 11.8 Å². The van der Waals surface area contributed by atoms with Crippen molar-refractivity contribution in [1.29, 1.82) is 0 Å². The van der Waals surface area contributed by atoms with Crippen LogP contribution in [0.4, 0.5) is 0 Å². The van der Waals surface area contributed by atoms with Crippen LogP contribution in [0.2, 0.25) is 0 Å². The molecule has 1 aromatic carbocycles. The molecule has 1 atom stereocenters. The fraction of sp³-hybridized carbons (Fsp3) is 0.625. The minimum atomic E-state index is 0.284. The summed E-state index contributed by atoms with van der Waals surface area (Å²) in [6, 6.07) is 10.8. The first-order chi connectivity index (χ1) is 13.3. The van der Waals surface area contributed by atoms with Crippen LogP contribution in [0.15, 0.2) is 35.2 Å². The van der Waals surface area contributed by atoms with E-state index in [-0.39, 0.29) is 5.91 Å². The quantitative estimate of drug-likeness (QED) is 0.336. The van der Waals surface area contributed by atoms with Crippen LogP contribution in [0.3, 0.4) is 0 Å². The van der Waals surface area contributed by atoms with Crippen molar-refractivity contribution >= 4 is 23.7 Å². The lowest BCUT2D eigenvalue weighted by Crippen LogP contribution is -2.42. The third kappa shape index (κ3) is 5.88. The van der Waals surface area contributed by atoms with Crippen molar-refractivity contribution in [2.45, 2.75) is 95.4 Å². The second-order valence-corrected chi connectivity index (χ2v) is 9.27. The summed E-state index contributed by atoms with van der Waals surface area (Å²) in [5.41, 5.74) is 1.14. The number of nitrogens with zero attached hydrogens (tertiary/aromatic N) is 1. The van der Waals surface area contributed by atoms with E-state index >= 15 is 0 Å². The average Bonchev–Trinajstić information content (AvgIpc) is 3.01. The van der Waals surface area contributed by atoms with E-state index in [1.807, 2.05) is 30.0 Å². The summed E-state index contributed by atoms with van der Waals surface area (Å²) in [4.78, 5) is 16.4. The first kappa shape index (κ1) is 20.5. The summed E-state index contributed by atoms with van der Waals surface area (Å²) in [5.74, 6) is 0.284. The fourth-order valence-electron chi connectivity index (χ4n) is 4.37. The van der Waals surface area contributed by atoms with Gasteiger partial charge >= 0.3 is 0 Å². The van der Waals surface area contributed by atoms with E-state index in [4.69, 9.17) is 0 Å². The highest BCUT2D eigenvalue weighted by Crippen LogP contribution is 2.42. The molecular weight excluding hydrogens is 350 g/mol. The van der Waals surface area contributed by atoms with Gasteiger partial charge in [-0.3, -0.25) is 4.79 Å². The molecule has 1 amide bonds. The average molecular weight is 386 g/mol. The van der Waals surface area contributed by atoms with Crippen molar-refractivity contribution in [2.75, 3.05) is 0 Å². The molecule has 0 N–H and O–H groups in total. The van der Waals surface area contributed by atoms with E-state index in [2.05, 4.69) is 30.0 Å². The summed E-state index contributed by atoms with van der Waals surface area (Å²) < 4.78 is 0. The molecule has 1 heterocycles. The Kier molecular flexibility index (Phi) is 8.32. The highest BCUT2D eigenvalue weighted by atomic mass is 32.2. The molecule has 27 heavy (non-hydrogen) atoms. The first-order valence-electron chi connectivity index (χ1n) is 11.1. The summed E-state index contributed by atoms with van der Waals surface area (Å²) >= 11 is 1.82. The monoisotopic (exact) mass is 385 g/mol. The zero-order valence-electron chi connectivity index (χ0n) is 16.9. The Labute approximate surface area is 169 Å². The Morgan fingerprint density at radius 2 is 1.70 bits per heavy atom. The van der Waals surface area contributed by atoms with Gasteiger partial charge in [0.05, 0.1) is 10.3 Å². The van der Waals surface area contributed by atoms with Gasteiger partial charge in [-0.1, -0.05) is 107 Å². The molecule has 2 fully saturated rings. The van der Waals surface area contributed by atoms with Crippen LogP contribution in [0.25, 0.3) is 6.08 Å². The third-order valence-electron chi connectivity index (χ3n) is 5.89. The number of amides is 1. The Balaban J connectivity index is 1.65. The topological polar surface area (TPSA) is 20.3 Å². The third-order valence-corrected chi connectivity index (χ3v) is 7.17. The van der Waals surface area contributed by atoms with Crippen LogP contribution in [0.1, 0.15) is 89.5 Å². The standard InChI is InChI=1S/C24H35NOS/c1-2-3-4-5-6-13-18-23-25(21-16-11-8-12-17-21)24(26)22(27-23)19-20-14-9-7-10-15-20/h7,9-10,14-15,19,21,23H,2-6,8,11-13,16-18H2,1H3/b22-19-.